The summed E-state index contributed by atoms with van der Waals surface area (Å²) in [6.07, 6.45) is -4.26. The molecule has 0 aliphatic carbocycles. The molecule has 6 rings (SSSR count). The molecule has 0 unspecified atom stereocenters. The van der Waals surface area contributed by atoms with Crippen molar-refractivity contribution in [3.8, 4) is 0 Å². The first-order valence-electron chi connectivity index (χ1n) is 16.9. The second-order valence-electron chi connectivity index (χ2n) is 12.2. The lowest BCUT2D eigenvalue weighted by atomic mass is 10.1. The fourth-order valence-electron chi connectivity index (χ4n) is 6.00. The maximum Gasteiger partial charge on any atom is 0.338 e. The van der Waals surface area contributed by atoms with Gasteiger partial charge in [-0.05, 0) is 42.0 Å². The van der Waals surface area contributed by atoms with E-state index in [0.29, 0.717) is 12.4 Å². The monoisotopic (exact) mass is 715 g/mol. The van der Waals surface area contributed by atoms with Crippen molar-refractivity contribution in [2.24, 2.45) is 0 Å². The number of esters is 3. The molecule has 53 heavy (non-hydrogen) atoms. The van der Waals surface area contributed by atoms with Gasteiger partial charge in [-0.1, -0.05) is 91.0 Å². The van der Waals surface area contributed by atoms with Crippen LogP contribution in [0.25, 0.3) is 0 Å². The van der Waals surface area contributed by atoms with E-state index < -0.39 is 60.3 Å². The number of aromatic nitrogens is 2. The molecule has 1 aliphatic rings. The lowest BCUT2D eigenvalue weighted by Gasteiger charge is -2.27. The van der Waals surface area contributed by atoms with Crippen LogP contribution in [0, 0.1) is 0 Å². The van der Waals surface area contributed by atoms with Crippen LogP contribution in [0.5, 0.6) is 0 Å². The van der Waals surface area contributed by atoms with Crippen LogP contribution in [-0.4, -0.2) is 65.6 Å². The van der Waals surface area contributed by atoms with Gasteiger partial charge in [-0.15, -0.1) is 6.58 Å². The Kier molecular flexibility index (Phi) is 11.4. The third-order valence-electron chi connectivity index (χ3n) is 8.61. The SMILES string of the molecule is C=CCN(C)c1cc(=O)n([C@@H]2O[C@H](COC(=O)c3ccccc3)[C@@H](OC(=O)c3ccccc3)[C@H]2OC(=O)c2ccccc2)c(=O)n1Cc1ccccc1. The topological polar surface area (TPSA) is 135 Å². The molecular weight excluding hydrogens is 678 g/mol. The Morgan fingerprint density at radius 3 is 1.75 bits per heavy atom. The summed E-state index contributed by atoms with van der Waals surface area (Å²) in [6.45, 7) is 3.69. The molecule has 1 aromatic heterocycles. The van der Waals surface area contributed by atoms with Gasteiger partial charge in [-0.25, -0.2) is 23.7 Å². The van der Waals surface area contributed by atoms with Crippen molar-refractivity contribution in [2.45, 2.75) is 31.1 Å². The second kappa shape index (κ2) is 16.7. The lowest BCUT2D eigenvalue weighted by molar-refractivity contribution is -0.0656. The molecule has 0 N–H and O–H groups in total. The highest BCUT2D eigenvalue weighted by atomic mass is 16.7. The summed E-state index contributed by atoms with van der Waals surface area (Å²) in [5, 5.41) is 0. The van der Waals surface area contributed by atoms with E-state index in [1.807, 2.05) is 30.3 Å². The van der Waals surface area contributed by atoms with Crippen LogP contribution in [-0.2, 0) is 25.5 Å². The summed E-state index contributed by atoms with van der Waals surface area (Å²) in [5.74, 6) is -2.01. The van der Waals surface area contributed by atoms with Gasteiger partial charge in [0.2, 0.25) is 0 Å². The zero-order valence-electron chi connectivity index (χ0n) is 28.9. The first kappa shape index (κ1) is 36.3. The van der Waals surface area contributed by atoms with Gasteiger partial charge in [-0.2, -0.15) is 0 Å². The third kappa shape index (κ3) is 8.35. The Morgan fingerprint density at radius 1 is 0.736 bits per heavy atom. The fourth-order valence-corrected chi connectivity index (χ4v) is 6.00. The van der Waals surface area contributed by atoms with Gasteiger partial charge in [0, 0.05) is 19.7 Å². The molecule has 0 bridgehead atoms. The second-order valence-corrected chi connectivity index (χ2v) is 12.2. The predicted octanol–water partition coefficient (Wildman–Crippen LogP) is 4.89. The van der Waals surface area contributed by atoms with E-state index in [1.165, 1.54) is 34.9 Å². The summed E-state index contributed by atoms with van der Waals surface area (Å²) in [5.41, 5.74) is -0.187. The molecule has 1 saturated heterocycles. The Bertz CT molecular complexity index is 2170. The highest BCUT2D eigenvalue weighted by Crippen LogP contribution is 2.34. The van der Waals surface area contributed by atoms with Crippen LogP contribution in [0.3, 0.4) is 0 Å². The molecule has 2 heterocycles. The van der Waals surface area contributed by atoms with Gasteiger partial charge in [-0.3, -0.25) is 9.36 Å². The molecule has 0 amide bonds. The summed E-state index contributed by atoms with van der Waals surface area (Å²) in [6, 6.07) is 34.8. The van der Waals surface area contributed by atoms with E-state index in [-0.39, 0.29) is 23.2 Å². The van der Waals surface area contributed by atoms with Crippen molar-refractivity contribution >= 4 is 23.7 Å². The van der Waals surface area contributed by atoms with E-state index >= 15 is 0 Å². The molecule has 5 aromatic rings. The summed E-state index contributed by atoms with van der Waals surface area (Å²) in [4.78, 5) is 70.6. The quantitative estimate of drug-likeness (QED) is 0.0943. The average molecular weight is 716 g/mol. The normalized spacial score (nSPS) is 17.8. The molecule has 4 aromatic carbocycles. The molecule has 12 heteroatoms. The zero-order chi connectivity index (χ0) is 37.3. The van der Waals surface area contributed by atoms with Crippen LogP contribution >= 0.6 is 0 Å². The molecule has 0 saturated carbocycles. The number of carbonyl (C=O) groups is 3. The van der Waals surface area contributed by atoms with Gasteiger partial charge >= 0.3 is 23.6 Å². The summed E-state index contributed by atoms with van der Waals surface area (Å²) in [7, 11) is 1.72. The van der Waals surface area contributed by atoms with Gasteiger partial charge < -0.3 is 23.8 Å². The number of ether oxygens (including phenoxy) is 4. The smallest absolute Gasteiger partial charge is 0.338 e. The van der Waals surface area contributed by atoms with Crippen LogP contribution in [0.15, 0.2) is 150 Å². The van der Waals surface area contributed by atoms with Crippen molar-refractivity contribution in [1.29, 1.82) is 0 Å². The molecule has 270 valence electrons. The molecular formula is C41H37N3O9. The number of anilines is 1. The molecule has 1 aliphatic heterocycles. The lowest BCUT2D eigenvalue weighted by Crippen LogP contribution is -2.48. The van der Waals surface area contributed by atoms with Gasteiger partial charge in [0.1, 0.15) is 18.5 Å². The van der Waals surface area contributed by atoms with Gasteiger partial charge in [0.05, 0.1) is 23.2 Å². The largest absolute Gasteiger partial charge is 0.459 e. The third-order valence-corrected chi connectivity index (χ3v) is 8.61. The minimum atomic E-state index is -1.61. The Labute approximate surface area is 305 Å². The number of nitrogens with zero attached hydrogens (tertiary/aromatic N) is 3. The highest BCUT2D eigenvalue weighted by molar-refractivity contribution is 5.91. The molecule has 1 fully saturated rings. The maximum atomic E-state index is 14.6. The van der Waals surface area contributed by atoms with Gasteiger partial charge in [0.15, 0.2) is 18.4 Å². The van der Waals surface area contributed by atoms with Crippen molar-refractivity contribution in [3.63, 3.8) is 0 Å². The predicted molar refractivity (Wildman–Crippen MR) is 196 cm³/mol. The summed E-state index contributed by atoms with van der Waals surface area (Å²) < 4.78 is 26.2. The van der Waals surface area contributed by atoms with E-state index in [9.17, 15) is 24.0 Å². The Hall–Kier alpha value is -6.53. The number of hydrogen-bond donors (Lipinski definition) is 0. The summed E-state index contributed by atoms with van der Waals surface area (Å²) >= 11 is 0. The van der Waals surface area contributed by atoms with Crippen LogP contribution < -0.4 is 16.1 Å². The maximum absolute atomic E-state index is 14.6. The Morgan fingerprint density at radius 2 is 1.23 bits per heavy atom. The number of likely N-dealkylation sites (N-methyl/N-ethyl adjacent to an activating group) is 1. The highest BCUT2D eigenvalue weighted by Gasteiger charge is 2.52. The number of rotatable bonds is 13. The first-order valence-corrected chi connectivity index (χ1v) is 16.9. The number of carbonyl (C=O) groups excluding carboxylic acids is 3. The minimum absolute atomic E-state index is 0.0719. The van der Waals surface area contributed by atoms with E-state index in [2.05, 4.69) is 6.58 Å². The average Bonchev–Trinajstić information content (AvgIpc) is 3.51. The van der Waals surface area contributed by atoms with Crippen molar-refractivity contribution < 1.29 is 33.3 Å². The van der Waals surface area contributed by atoms with Crippen LogP contribution in [0.1, 0.15) is 42.9 Å². The van der Waals surface area contributed by atoms with E-state index in [0.717, 1.165) is 10.1 Å². The van der Waals surface area contributed by atoms with Crippen molar-refractivity contribution in [3.05, 3.63) is 183 Å². The first-order chi connectivity index (χ1) is 25.7. The molecule has 12 nitrogen and oxygen atoms in total. The van der Waals surface area contributed by atoms with Gasteiger partial charge in [0.25, 0.3) is 5.56 Å². The Balaban J connectivity index is 1.46. The van der Waals surface area contributed by atoms with Crippen LogP contribution in [0.4, 0.5) is 5.82 Å². The van der Waals surface area contributed by atoms with Crippen molar-refractivity contribution in [1.82, 2.24) is 9.13 Å². The molecule has 4 atom stereocenters. The standard InChI is InChI=1S/C41H37N3O9/c1-3-24-42(2)33-25-34(45)44(41(49)43(33)26-28-16-8-4-9-17-28)37-36(53-40(48)31-22-14-7-15-23-31)35(52-39(47)30-20-12-6-13-21-30)32(51-37)27-50-38(46)29-18-10-5-11-19-29/h3-23,25,32,35-37H,1,24,26-27H2,2H3/t32-,35-,36-,37-/m1/s1. The molecule has 0 radical (unpaired) electrons. The molecule has 0 spiro atoms. The zero-order valence-corrected chi connectivity index (χ0v) is 28.9. The van der Waals surface area contributed by atoms with Crippen LogP contribution in [0.2, 0.25) is 0 Å². The number of benzene rings is 4. The number of hydrogen-bond acceptors (Lipinski definition) is 10. The van der Waals surface area contributed by atoms with E-state index in [1.54, 1.807) is 84.8 Å². The fraction of sp³-hybridized carbons (Fsp3) is 0.195. The van der Waals surface area contributed by atoms with E-state index in [4.69, 9.17) is 18.9 Å². The minimum Gasteiger partial charge on any atom is -0.459 e. The van der Waals surface area contributed by atoms with Crippen molar-refractivity contribution in [2.75, 3.05) is 25.1 Å².